The highest BCUT2D eigenvalue weighted by atomic mass is 35.5. The van der Waals surface area contributed by atoms with Gasteiger partial charge in [0.2, 0.25) is 5.91 Å². The maximum atomic E-state index is 12.6. The van der Waals surface area contributed by atoms with Gasteiger partial charge in [0.05, 0.1) is 5.02 Å². The van der Waals surface area contributed by atoms with Crippen LogP contribution in [0, 0.1) is 6.92 Å². The summed E-state index contributed by atoms with van der Waals surface area (Å²) in [5.74, 6) is -0.289. The Bertz CT molecular complexity index is 518. The molecule has 2 heterocycles. The first-order valence-corrected chi connectivity index (χ1v) is 7.85. The number of rotatable bonds is 3. The van der Waals surface area contributed by atoms with E-state index >= 15 is 0 Å². The Labute approximate surface area is 127 Å². The highest BCUT2D eigenvalue weighted by molar-refractivity contribution is 7.13. The lowest BCUT2D eigenvalue weighted by atomic mass is 10.1. The van der Waals surface area contributed by atoms with E-state index in [1.807, 2.05) is 19.2 Å². The smallest absolute Gasteiger partial charge is 0.266 e. The molecule has 7 heteroatoms. The maximum Gasteiger partial charge on any atom is 0.266 e. The fraction of sp³-hybridized carbons (Fsp3) is 0.538. The minimum atomic E-state index is -0.477. The van der Waals surface area contributed by atoms with Gasteiger partial charge in [-0.2, -0.15) is 0 Å². The van der Waals surface area contributed by atoms with Crippen LogP contribution in [0.3, 0.4) is 0 Å². The van der Waals surface area contributed by atoms with E-state index in [1.54, 1.807) is 4.90 Å². The molecule has 0 bridgehead atoms. The lowest BCUT2D eigenvalue weighted by molar-refractivity contribution is -0.126. The van der Waals surface area contributed by atoms with Gasteiger partial charge in [0.25, 0.3) is 5.91 Å². The zero-order valence-electron chi connectivity index (χ0n) is 11.5. The van der Waals surface area contributed by atoms with Crippen LogP contribution in [0.4, 0.5) is 0 Å². The Morgan fingerprint density at radius 2 is 2.35 bits per heavy atom. The summed E-state index contributed by atoms with van der Waals surface area (Å²) in [5.41, 5.74) is 0.893. The third kappa shape index (κ3) is 2.97. The van der Waals surface area contributed by atoms with E-state index in [0.29, 0.717) is 36.1 Å². The molecule has 2 amide bonds. The molecule has 1 saturated heterocycles. The predicted molar refractivity (Wildman–Crippen MR) is 80.4 cm³/mol. The number of likely N-dealkylation sites (N-methyl/N-ethyl adjacent to an activating group) is 1. The first kappa shape index (κ1) is 15.3. The number of nitrogens with zero attached hydrogens (tertiary/aromatic N) is 1. The van der Waals surface area contributed by atoms with Gasteiger partial charge < -0.3 is 15.5 Å². The minimum absolute atomic E-state index is 0.127. The van der Waals surface area contributed by atoms with E-state index in [1.165, 1.54) is 11.3 Å². The van der Waals surface area contributed by atoms with Crippen molar-refractivity contribution < 1.29 is 9.59 Å². The molecule has 1 aromatic rings. The number of nitrogens with one attached hydrogen (secondary N) is 2. The second kappa shape index (κ2) is 6.56. The van der Waals surface area contributed by atoms with Crippen LogP contribution in [-0.2, 0) is 4.79 Å². The molecule has 1 aliphatic heterocycles. The van der Waals surface area contributed by atoms with Gasteiger partial charge in [-0.3, -0.25) is 9.59 Å². The number of aryl methyl sites for hydroxylation is 1. The Morgan fingerprint density at radius 3 is 2.95 bits per heavy atom. The highest BCUT2D eigenvalue weighted by Crippen LogP contribution is 2.29. The molecule has 0 aliphatic carbocycles. The fourth-order valence-electron chi connectivity index (χ4n) is 2.18. The first-order chi connectivity index (χ1) is 9.56. The molecule has 1 aliphatic rings. The van der Waals surface area contributed by atoms with Gasteiger partial charge in [-0.25, -0.2) is 0 Å². The van der Waals surface area contributed by atoms with Crippen molar-refractivity contribution in [3.8, 4) is 0 Å². The van der Waals surface area contributed by atoms with Crippen LogP contribution in [0.15, 0.2) is 5.38 Å². The van der Waals surface area contributed by atoms with Gasteiger partial charge >= 0.3 is 0 Å². The molecule has 0 saturated carbocycles. The van der Waals surface area contributed by atoms with Crippen molar-refractivity contribution in [1.82, 2.24) is 15.5 Å². The average molecular weight is 316 g/mol. The number of piperazine rings is 1. The molecule has 110 valence electrons. The van der Waals surface area contributed by atoms with Crippen molar-refractivity contribution in [2.24, 2.45) is 0 Å². The Balaban J connectivity index is 2.21. The number of carbonyl (C=O) groups excluding carboxylic acids is 2. The monoisotopic (exact) mass is 315 g/mol. The van der Waals surface area contributed by atoms with Crippen LogP contribution < -0.4 is 10.6 Å². The van der Waals surface area contributed by atoms with Gasteiger partial charge in [-0.15, -0.1) is 11.3 Å². The maximum absolute atomic E-state index is 12.6. The van der Waals surface area contributed by atoms with Crippen LogP contribution >= 0.6 is 22.9 Å². The van der Waals surface area contributed by atoms with E-state index in [0.717, 1.165) is 5.56 Å². The molecular formula is C13H18ClN3O2S. The van der Waals surface area contributed by atoms with Gasteiger partial charge in [-0.1, -0.05) is 11.6 Å². The number of halogens is 1. The Kier molecular flexibility index (Phi) is 5.01. The molecule has 5 nitrogen and oxygen atoms in total. The fourth-order valence-corrected chi connectivity index (χ4v) is 3.41. The molecule has 1 aromatic heterocycles. The number of thiophene rings is 1. The quantitative estimate of drug-likeness (QED) is 0.883. The van der Waals surface area contributed by atoms with Gasteiger partial charge in [0.1, 0.15) is 10.9 Å². The molecule has 1 unspecified atom stereocenters. The lowest BCUT2D eigenvalue weighted by Crippen LogP contribution is -2.59. The van der Waals surface area contributed by atoms with E-state index in [9.17, 15) is 9.59 Å². The van der Waals surface area contributed by atoms with Crippen molar-refractivity contribution in [1.29, 1.82) is 0 Å². The normalized spacial score (nSPS) is 18.9. The molecule has 2 N–H and O–H groups in total. The average Bonchev–Trinajstić information content (AvgIpc) is 2.78. The molecule has 0 radical (unpaired) electrons. The first-order valence-electron chi connectivity index (χ1n) is 6.59. The van der Waals surface area contributed by atoms with Crippen molar-refractivity contribution in [3.05, 3.63) is 20.8 Å². The second-order valence-corrected chi connectivity index (χ2v) is 5.93. The molecule has 1 atom stereocenters. The minimum Gasteiger partial charge on any atom is -0.355 e. The van der Waals surface area contributed by atoms with Crippen LogP contribution in [0.2, 0.25) is 5.02 Å². The Hall–Kier alpha value is -1.11. The second-order valence-electron chi connectivity index (χ2n) is 4.67. The summed E-state index contributed by atoms with van der Waals surface area (Å²) in [5, 5.41) is 8.27. The summed E-state index contributed by atoms with van der Waals surface area (Å²) < 4.78 is 0. The third-order valence-electron chi connectivity index (χ3n) is 3.25. The largest absolute Gasteiger partial charge is 0.355 e. The Morgan fingerprint density at radius 1 is 1.60 bits per heavy atom. The summed E-state index contributed by atoms with van der Waals surface area (Å²) in [7, 11) is 0. The van der Waals surface area contributed by atoms with Crippen molar-refractivity contribution >= 4 is 34.8 Å². The van der Waals surface area contributed by atoms with Gasteiger partial charge in [0.15, 0.2) is 0 Å². The van der Waals surface area contributed by atoms with Crippen molar-refractivity contribution in [2.45, 2.75) is 19.9 Å². The lowest BCUT2D eigenvalue weighted by Gasteiger charge is -2.34. The highest BCUT2D eigenvalue weighted by Gasteiger charge is 2.33. The van der Waals surface area contributed by atoms with Gasteiger partial charge in [-0.05, 0) is 24.8 Å². The summed E-state index contributed by atoms with van der Waals surface area (Å²) in [6.45, 7) is 5.95. The number of carbonyl (C=O) groups is 2. The van der Waals surface area contributed by atoms with Crippen molar-refractivity contribution in [2.75, 3.05) is 26.2 Å². The van der Waals surface area contributed by atoms with Crippen LogP contribution in [-0.4, -0.2) is 48.9 Å². The third-order valence-corrected chi connectivity index (χ3v) is 4.94. The molecule has 0 aromatic carbocycles. The molecule has 1 fully saturated rings. The number of amides is 2. The standard InChI is InChI=1S/C13H18ClN3O2S/c1-3-16-12(18)9-6-15-4-5-17(9)13(19)11-10(14)8(2)7-20-11/h7,9,15H,3-6H2,1-2H3,(H,16,18). The summed E-state index contributed by atoms with van der Waals surface area (Å²) in [6, 6.07) is -0.477. The summed E-state index contributed by atoms with van der Waals surface area (Å²) >= 11 is 7.49. The zero-order chi connectivity index (χ0) is 14.7. The topological polar surface area (TPSA) is 61.4 Å². The van der Waals surface area contributed by atoms with E-state index in [4.69, 9.17) is 11.6 Å². The zero-order valence-corrected chi connectivity index (χ0v) is 13.1. The molecule has 20 heavy (non-hydrogen) atoms. The van der Waals surface area contributed by atoms with E-state index < -0.39 is 6.04 Å². The predicted octanol–water partition coefficient (Wildman–Crippen LogP) is 1.26. The van der Waals surface area contributed by atoms with E-state index in [-0.39, 0.29) is 11.8 Å². The van der Waals surface area contributed by atoms with Crippen LogP contribution in [0.25, 0.3) is 0 Å². The van der Waals surface area contributed by atoms with Gasteiger partial charge in [0, 0.05) is 26.2 Å². The molecule has 2 rings (SSSR count). The number of hydrogen-bond acceptors (Lipinski definition) is 4. The molecule has 0 spiro atoms. The van der Waals surface area contributed by atoms with E-state index in [2.05, 4.69) is 10.6 Å². The SMILES string of the molecule is CCNC(=O)C1CNCCN1C(=O)c1scc(C)c1Cl. The summed E-state index contributed by atoms with van der Waals surface area (Å²) in [6.07, 6.45) is 0. The van der Waals surface area contributed by atoms with Crippen LogP contribution in [0.5, 0.6) is 0 Å². The summed E-state index contributed by atoms with van der Waals surface area (Å²) in [4.78, 5) is 26.8. The van der Waals surface area contributed by atoms with Crippen molar-refractivity contribution in [3.63, 3.8) is 0 Å². The number of hydrogen-bond donors (Lipinski definition) is 2. The molecular weight excluding hydrogens is 298 g/mol. The van der Waals surface area contributed by atoms with Crippen LogP contribution in [0.1, 0.15) is 22.2 Å².